The van der Waals surface area contributed by atoms with Crippen molar-refractivity contribution < 1.29 is 57.8 Å². The van der Waals surface area contributed by atoms with Crippen LogP contribution in [0.1, 0.15) is 48.4 Å². The van der Waals surface area contributed by atoms with E-state index in [0.717, 1.165) is 6.42 Å². The average molecular weight is 623 g/mol. The van der Waals surface area contributed by atoms with Crippen molar-refractivity contribution in [3.8, 4) is 28.7 Å². The molecule has 45 heavy (non-hydrogen) atoms. The van der Waals surface area contributed by atoms with Gasteiger partial charge >= 0.3 is 18.1 Å². The second-order valence-corrected chi connectivity index (χ2v) is 10.5. The molecule has 0 amide bonds. The van der Waals surface area contributed by atoms with Crippen molar-refractivity contribution in [2.45, 2.75) is 31.6 Å². The molecule has 238 valence electrons. The summed E-state index contributed by atoms with van der Waals surface area (Å²) in [5, 5.41) is 20.5. The topological polar surface area (TPSA) is 156 Å². The van der Waals surface area contributed by atoms with Crippen molar-refractivity contribution in [3.05, 3.63) is 76.9 Å². The van der Waals surface area contributed by atoms with Gasteiger partial charge in [-0.25, -0.2) is 9.59 Å². The minimum Gasteiger partial charge on any atom is -0.497 e. The zero-order valence-electron chi connectivity index (χ0n) is 25.1. The summed E-state index contributed by atoms with van der Waals surface area (Å²) >= 11 is 0. The predicted octanol–water partition coefficient (Wildman–Crippen LogP) is 4.98. The van der Waals surface area contributed by atoms with E-state index in [-0.39, 0.29) is 19.1 Å². The number of aliphatic carboxylic acids is 2. The van der Waals surface area contributed by atoms with Crippen LogP contribution in [-0.2, 0) is 24.5 Å². The molecule has 5 rings (SSSR count). The molecule has 0 aromatic heterocycles. The van der Waals surface area contributed by atoms with Crippen LogP contribution in [0.3, 0.4) is 0 Å². The second kappa shape index (κ2) is 13.2. The lowest BCUT2D eigenvalue weighted by Gasteiger charge is -2.36. The largest absolute Gasteiger partial charge is 0.508 e. The Labute approximate surface area is 259 Å². The van der Waals surface area contributed by atoms with Crippen LogP contribution in [0, 0.1) is 5.92 Å². The summed E-state index contributed by atoms with van der Waals surface area (Å²) in [5.74, 6) is -2.70. The Kier molecular flexibility index (Phi) is 9.21. The Morgan fingerprint density at radius 2 is 1.67 bits per heavy atom. The van der Waals surface area contributed by atoms with E-state index in [4.69, 9.17) is 33.2 Å². The maximum atomic E-state index is 13.6. The number of carboxylic acid groups (broad SMARTS) is 2. The first-order valence-corrected chi connectivity index (χ1v) is 14.5. The van der Waals surface area contributed by atoms with Crippen molar-refractivity contribution in [2.75, 3.05) is 40.3 Å². The molecular weight excluding hydrogens is 588 g/mol. The van der Waals surface area contributed by atoms with Crippen LogP contribution in [0.25, 0.3) is 0 Å². The Morgan fingerprint density at radius 3 is 2.38 bits per heavy atom. The smallest absolute Gasteiger partial charge is 0.497 e. The molecule has 0 saturated carbocycles. The normalized spacial score (nSPS) is 19.4. The summed E-state index contributed by atoms with van der Waals surface area (Å²) in [6.07, 6.45) is -0.206. The number of benzene rings is 3. The monoisotopic (exact) mass is 622 g/mol. The summed E-state index contributed by atoms with van der Waals surface area (Å²) in [6, 6.07) is 15.2. The van der Waals surface area contributed by atoms with Gasteiger partial charge < -0.3 is 43.4 Å². The number of hydrogen-bond donors (Lipinski definition) is 2. The third kappa shape index (κ3) is 6.00. The van der Waals surface area contributed by atoms with Crippen molar-refractivity contribution >= 4 is 18.1 Å². The maximum Gasteiger partial charge on any atom is 0.508 e. The summed E-state index contributed by atoms with van der Waals surface area (Å²) in [7, 11) is 1.45. The van der Waals surface area contributed by atoms with Gasteiger partial charge in [0.1, 0.15) is 23.9 Å². The lowest BCUT2D eigenvalue weighted by molar-refractivity contribution is -0.145. The molecule has 3 atom stereocenters. The van der Waals surface area contributed by atoms with E-state index >= 15 is 0 Å². The molecule has 3 unspecified atom stereocenters. The number of ether oxygens (including phenoxy) is 7. The zero-order chi connectivity index (χ0) is 32.1. The van der Waals surface area contributed by atoms with E-state index in [1.165, 1.54) is 13.2 Å². The third-order valence-electron chi connectivity index (χ3n) is 7.92. The van der Waals surface area contributed by atoms with Gasteiger partial charge in [0.2, 0.25) is 6.79 Å². The number of hydrogen-bond acceptors (Lipinski definition) is 10. The number of rotatable bonds is 13. The Bertz CT molecular complexity index is 1580. The molecule has 3 aromatic rings. The van der Waals surface area contributed by atoms with Crippen LogP contribution < -0.4 is 23.7 Å². The minimum absolute atomic E-state index is 0.000928. The molecule has 1 aliphatic carbocycles. The molecule has 0 radical (unpaired) electrons. The van der Waals surface area contributed by atoms with Crippen molar-refractivity contribution in [1.82, 2.24) is 0 Å². The van der Waals surface area contributed by atoms with E-state index in [2.05, 4.69) is 0 Å². The van der Waals surface area contributed by atoms with E-state index in [9.17, 15) is 24.6 Å². The van der Waals surface area contributed by atoms with Crippen molar-refractivity contribution in [2.24, 2.45) is 5.92 Å². The number of carboxylic acids is 2. The summed E-state index contributed by atoms with van der Waals surface area (Å²) in [5.41, 5.74) is 0.554. The molecule has 12 heteroatoms. The third-order valence-corrected chi connectivity index (χ3v) is 7.92. The SMILES string of the molecule is CCCOc1ccc2c(c1)C(c1ccc(OC)cc1OCC(=O)O)C(C(=O)O)C2(COC(=O)OCC)c1ccc2c(c1)OCO2. The fraction of sp³-hybridized carbons (Fsp3) is 0.364. The number of carbonyl (C=O) groups excluding carboxylic acids is 1. The van der Waals surface area contributed by atoms with Crippen LogP contribution in [0.4, 0.5) is 4.79 Å². The van der Waals surface area contributed by atoms with Crippen molar-refractivity contribution in [3.63, 3.8) is 0 Å². The second-order valence-electron chi connectivity index (χ2n) is 10.5. The number of methoxy groups -OCH3 is 1. The quantitative estimate of drug-likeness (QED) is 0.247. The summed E-state index contributed by atoms with van der Waals surface area (Å²) in [6.45, 7) is 3.03. The first kappa shape index (κ1) is 31.3. The van der Waals surface area contributed by atoms with E-state index in [1.54, 1.807) is 55.5 Å². The van der Waals surface area contributed by atoms with Crippen molar-refractivity contribution in [1.29, 1.82) is 0 Å². The van der Waals surface area contributed by atoms with Crippen LogP contribution >= 0.6 is 0 Å². The predicted molar refractivity (Wildman–Crippen MR) is 158 cm³/mol. The highest BCUT2D eigenvalue weighted by Gasteiger charge is 2.59. The molecule has 2 N–H and O–H groups in total. The van der Waals surface area contributed by atoms with Gasteiger partial charge in [-0.15, -0.1) is 0 Å². The van der Waals surface area contributed by atoms with Crippen LogP contribution in [0.2, 0.25) is 0 Å². The van der Waals surface area contributed by atoms with Gasteiger partial charge in [0.05, 0.1) is 31.7 Å². The fourth-order valence-corrected chi connectivity index (χ4v) is 6.10. The zero-order valence-corrected chi connectivity index (χ0v) is 25.1. The molecule has 0 fully saturated rings. The molecule has 0 saturated heterocycles. The highest BCUT2D eigenvalue weighted by molar-refractivity contribution is 5.81. The van der Waals surface area contributed by atoms with Crippen LogP contribution in [-0.4, -0.2) is 68.6 Å². The first-order valence-electron chi connectivity index (χ1n) is 14.5. The van der Waals surface area contributed by atoms with E-state index in [0.29, 0.717) is 51.9 Å². The van der Waals surface area contributed by atoms with Crippen LogP contribution in [0.15, 0.2) is 54.6 Å². The van der Waals surface area contributed by atoms with Gasteiger partial charge in [-0.1, -0.05) is 25.1 Å². The molecule has 0 spiro atoms. The minimum atomic E-state index is -1.48. The van der Waals surface area contributed by atoms with E-state index < -0.39 is 48.6 Å². The molecule has 1 aliphatic heterocycles. The summed E-state index contributed by atoms with van der Waals surface area (Å²) in [4.78, 5) is 37.7. The van der Waals surface area contributed by atoms with Gasteiger partial charge in [-0.3, -0.25) is 4.79 Å². The average Bonchev–Trinajstić information content (AvgIpc) is 3.62. The first-order chi connectivity index (χ1) is 21.7. The molecule has 3 aromatic carbocycles. The lowest BCUT2D eigenvalue weighted by Crippen LogP contribution is -2.44. The lowest BCUT2D eigenvalue weighted by atomic mass is 9.67. The van der Waals surface area contributed by atoms with E-state index in [1.807, 2.05) is 6.92 Å². The molecule has 12 nitrogen and oxygen atoms in total. The highest BCUT2D eigenvalue weighted by Crippen LogP contribution is 2.59. The summed E-state index contributed by atoms with van der Waals surface area (Å²) < 4.78 is 38.9. The van der Waals surface area contributed by atoms with Gasteiger partial charge in [0.25, 0.3) is 0 Å². The fourth-order valence-electron chi connectivity index (χ4n) is 6.10. The van der Waals surface area contributed by atoms with Gasteiger partial charge in [0.15, 0.2) is 18.1 Å². The molecule has 0 bridgehead atoms. The molecule has 2 aliphatic rings. The van der Waals surface area contributed by atoms with Gasteiger partial charge in [-0.2, -0.15) is 0 Å². The number of fused-ring (bicyclic) bond motifs is 2. The standard InChI is InChI=1S/C33H34O12/c1-4-12-41-21-8-10-24-23(14-21)29(22-9-7-20(39-3)15-26(22)42-16-28(34)35)30(31(36)37)33(24,17-43-32(38)40-5-2)19-6-11-25-27(13-19)45-18-44-25/h6-11,13-15,29-30H,4-5,12,16-18H2,1-3H3,(H,34,35)(H,36,37). The van der Waals surface area contributed by atoms with Gasteiger partial charge in [-0.05, 0) is 60.4 Å². The molecule has 1 heterocycles. The van der Waals surface area contributed by atoms with Crippen LogP contribution in [0.5, 0.6) is 28.7 Å². The number of carbonyl (C=O) groups is 3. The maximum absolute atomic E-state index is 13.6. The highest BCUT2D eigenvalue weighted by atomic mass is 16.7. The molecular formula is C33H34O12. The Balaban J connectivity index is 1.79. The Hall–Kier alpha value is -5.13. The Morgan fingerprint density at radius 1 is 0.889 bits per heavy atom. The van der Waals surface area contributed by atoms with Gasteiger partial charge in [0, 0.05) is 17.5 Å².